The molecule has 0 spiro atoms. The number of rotatable bonds is 9. The van der Waals surface area contributed by atoms with Crippen LogP contribution in [0.1, 0.15) is 17.7 Å². The van der Waals surface area contributed by atoms with E-state index in [0.29, 0.717) is 48.4 Å². The Morgan fingerprint density at radius 3 is 3.00 bits per heavy atom. The molecule has 0 unspecified atom stereocenters. The van der Waals surface area contributed by atoms with Crippen molar-refractivity contribution in [2.75, 3.05) is 18.8 Å². The number of nitrogen functional groups attached to an aromatic ring is 1. The summed E-state index contributed by atoms with van der Waals surface area (Å²) in [5, 5.41) is 3.69. The molecule has 0 amide bonds. The zero-order valence-electron chi connectivity index (χ0n) is 14.0. The molecule has 8 heteroatoms. The van der Waals surface area contributed by atoms with Gasteiger partial charge in [-0.2, -0.15) is 0 Å². The third-order valence-corrected chi connectivity index (χ3v) is 3.86. The molecule has 0 bridgehead atoms. The van der Waals surface area contributed by atoms with Gasteiger partial charge in [0.25, 0.3) is 0 Å². The standard InChI is InChI=1S/C17H23ClN6O/c1-12(21-8-3-7-19)22-11-15-16(20)24(17(25)23-15)9-6-13-4-2-5-14(18)10-13/h2,4-5,10-11,21H,1,3,6-9,19-20H2,(H,23,25). The molecule has 2 aromatic rings. The summed E-state index contributed by atoms with van der Waals surface area (Å²) in [6, 6.07) is 7.51. The quantitative estimate of drug-likeness (QED) is 0.399. The van der Waals surface area contributed by atoms with E-state index < -0.39 is 0 Å². The molecule has 25 heavy (non-hydrogen) atoms. The minimum absolute atomic E-state index is 0.275. The van der Waals surface area contributed by atoms with Gasteiger partial charge >= 0.3 is 5.69 Å². The van der Waals surface area contributed by atoms with E-state index in [1.54, 1.807) is 0 Å². The zero-order chi connectivity index (χ0) is 18.2. The Balaban J connectivity index is 2.02. The van der Waals surface area contributed by atoms with E-state index in [1.807, 2.05) is 24.3 Å². The molecule has 1 aromatic carbocycles. The predicted octanol–water partition coefficient (Wildman–Crippen LogP) is 1.48. The number of aliphatic imine (C=N–C) groups is 1. The Labute approximate surface area is 151 Å². The lowest BCUT2D eigenvalue weighted by atomic mass is 10.1. The number of nitrogens with two attached hydrogens (primary N) is 2. The fourth-order valence-corrected chi connectivity index (χ4v) is 2.49. The van der Waals surface area contributed by atoms with Crippen molar-refractivity contribution in [3.8, 4) is 0 Å². The second-order valence-electron chi connectivity index (χ2n) is 5.53. The Kier molecular flexibility index (Phi) is 6.85. The van der Waals surface area contributed by atoms with E-state index >= 15 is 0 Å². The van der Waals surface area contributed by atoms with E-state index in [4.69, 9.17) is 23.1 Å². The molecule has 0 fully saturated rings. The van der Waals surface area contributed by atoms with Crippen molar-refractivity contribution in [2.45, 2.75) is 19.4 Å². The van der Waals surface area contributed by atoms with E-state index in [9.17, 15) is 4.79 Å². The van der Waals surface area contributed by atoms with Crippen LogP contribution in [0, 0.1) is 0 Å². The van der Waals surface area contributed by atoms with Gasteiger partial charge in [-0.05, 0) is 37.1 Å². The predicted molar refractivity (Wildman–Crippen MR) is 103 cm³/mol. The SMILES string of the molecule is C=C(N=Cc1[nH]c(=O)n(CCc2cccc(Cl)c2)c1N)NCCCN. The number of benzene rings is 1. The number of hydrogen-bond acceptors (Lipinski definition) is 5. The molecule has 7 nitrogen and oxygen atoms in total. The van der Waals surface area contributed by atoms with Gasteiger partial charge in [0.15, 0.2) is 0 Å². The number of halogens is 1. The maximum atomic E-state index is 12.1. The number of H-pyrrole nitrogens is 1. The van der Waals surface area contributed by atoms with Gasteiger partial charge in [-0.3, -0.25) is 4.57 Å². The molecule has 0 aliphatic rings. The van der Waals surface area contributed by atoms with Gasteiger partial charge in [0, 0.05) is 18.1 Å². The van der Waals surface area contributed by atoms with Crippen molar-refractivity contribution >= 4 is 23.6 Å². The van der Waals surface area contributed by atoms with Crippen molar-refractivity contribution in [1.29, 1.82) is 0 Å². The third kappa shape index (κ3) is 5.51. The number of nitrogens with zero attached hydrogens (tertiary/aromatic N) is 2. The fourth-order valence-electron chi connectivity index (χ4n) is 2.28. The summed E-state index contributed by atoms with van der Waals surface area (Å²) in [5.41, 5.74) is 12.7. The molecule has 1 aromatic heterocycles. The first-order valence-electron chi connectivity index (χ1n) is 8.01. The Morgan fingerprint density at radius 1 is 1.48 bits per heavy atom. The summed E-state index contributed by atoms with van der Waals surface area (Å²) >= 11 is 5.97. The lowest BCUT2D eigenvalue weighted by Gasteiger charge is -2.05. The van der Waals surface area contributed by atoms with E-state index in [1.165, 1.54) is 10.8 Å². The minimum Gasteiger partial charge on any atom is -0.383 e. The van der Waals surface area contributed by atoms with Gasteiger partial charge in [0.2, 0.25) is 0 Å². The average molecular weight is 363 g/mol. The summed E-state index contributed by atoms with van der Waals surface area (Å²) in [6.07, 6.45) is 2.96. The van der Waals surface area contributed by atoms with Crippen molar-refractivity contribution in [2.24, 2.45) is 10.7 Å². The first-order chi connectivity index (χ1) is 12.0. The number of imidazole rings is 1. The van der Waals surface area contributed by atoms with E-state index in [0.717, 1.165) is 12.0 Å². The first kappa shape index (κ1) is 18.8. The molecule has 0 aliphatic heterocycles. The van der Waals surface area contributed by atoms with E-state index in [-0.39, 0.29) is 5.69 Å². The van der Waals surface area contributed by atoms with Gasteiger partial charge in [0.05, 0.1) is 6.21 Å². The van der Waals surface area contributed by atoms with Crippen molar-refractivity contribution in [3.63, 3.8) is 0 Å². The van der Waals surface area contributed by atoms with Crippen LogP contribution in [-0.2, 0) is 13.0 Å². The highest BCUT2D eigenvalue weighted by Gasteiger charge is 2.09. The third-order valence-electron chi connectivity index (χ3n) is 3.63. The highest BCUT2D eigenvalue weighted by molar-refractivity contribution is 6.30. The van der Waals surface area contributed by atoms with E-state index in [2.05, 4.69) is 21.9 Å². The molecule has 1 heterocycles. The lowest BCUT2D eigenvalue weighted by Crippen LogP contribution is -2.19. The highest BCUT2D eigenvalue weighted by atomic mass is 35.5. The van der Waals surface area contributed by atoms with Crippen LogP contribution in [0.2, 0.25) is 5.02 Å². The fraction of sp³-hybridized carbons (Fsp3) is 0.294. The zero-order valence-corrected chi connectivity index (χ0v) is 14.7. The van der Waals surface area contributed by atoms with Gasteiger partial charge in [-0.25, -0.2) is 9.79 Å². The number of anilines is 1. The molecule has 0 atom stereocenters. The largest absolute Gasteiger partial charge is 0.383 e. The minimum atomic E-state index is -0.275. The van der Waals surface area contributed by atoms with Gasteiger partial charge in [-0.15, -0.1) is 0 Å². The molecule has 2 rings (SSSR count). The van der Waals surface area contributed by atoms with Crippen molar-refractivity contribution < 1.29 is 0 Å². The number of aryl methyl sites for hydroxylation is 1. The van der Waals surface area contributed by atoms with Crippen LogP contribution in [-0.4, -0.2) is 28.9 Å². The molecule has 6 N–H and O–H groups in total. The van der Waals surface area contributed by atoms with Crippen LogP contribution < -0.4 is 22.5 Å². The van der Waals surface area contributed by atoms with Crippen molar-refractivity contribution in [1.82, 2.24) is 14.9 Å². The summed E-state index contributed by atoms with van der Waals surface area (Å²) in [4.78, 5) is 19.0. The van der Waals surface area contributed by atoms with Gasteiger partial charge < -0.3 is 21.8 Å². The topological polar surface area (TPSA) is 114 Å². The van der Waals surface area contributed by atoms with Crippen LogP contribution in [0.4, 0.5) is 5.82 Å². The normalized spacial score (nSPS) is 11.1. The lowest BCUT2D eigenvalue weighted by molar-refractivity contribution is 0.680. The number of hydrogen-bond donors (Lipinski definition) is 4. The maximum absolute atomic E-state index is 12.1. The van der Waals surface area contributed by atoms with Crippen LogP contribution in [0.3, 0.4) is 0 Å². The highest BCUT2D eigenvalue weighted by Crippen LogP contribution is 2.12. The number of aromatic nitrogens is 2. The molecular weight excluding hydrogens is 340 g/mol. The van der Waals surface area contributed by atoms with Crippen LogP contribution in [0.15, 0.2) is 46.5 Å². The molecule has 134 valence electrons. The monoisotopic (exact) mass is 362 g/mol. The smallest absolute Gasteiger partial charge is 0.327 e. The Hall–Kier alpha value is -2.51. The molecule has 0 saturated heterocycles. The van der Waals surface area contributed by atoms with Gasteiger partial charge in [-0.1, -0.05) is 30.3 Å². The second-order valence-corrected chi connectivity index (χ2v) is 5.97. The Bertz CT molecular complexity index is 808. The van der Waals surface area contributed by atoms with Crippen LogP contribution in [0.25, 0.3) is 0 Å². The molecule has 0 aliphatic carbocycles. The van der Waals surface area contributed by atoms with Crippen LogP contribution in [0.5, 0.6) is 0 Å². The summed E-state index contributed by atoms with van der Waals surface area (Å²) in [7, 11) is 0. The first-order valence-corrected chi connectivity index (χ1v) is 8.38. The molecule has 0 radical (unpaired) electrons. The van der Waals surface area contributed by atoms with Gasteiger partial charge in [0.1, 0.15) is 17.3 Å². The summed E-state index contributed by atoms with van der Waals surface area (Å²) in [5.74, 6) is 0.825. The summed E-state index contributed by atoms with van der Waals surface area (Å²) in [6.45, 7) is 5.52. The van der Waals surface area contributed by atoms with Crippen molar-refractivity contribution in [3.05, 3.63) is 63.4 Å². The average Bonchev–Trinajstić information content (AvgIpc) is 2.85. The number of aromatic amines is 1. The summed E-state index contributed by atoms with van der Waals surface area (Å²) < 4.78 is 1.48. The maximum Gasteiger partial charge on any atom is 0.327 e. The number of nitrogens with one attached hydrogen (secondary N) is 2. The second kappa shape index (κ2) is 9.10. The molecule has 0 saturated carbocycles. The Morgan fingerprint density at radius 2 is 2.28 bits per heavy atom. The molecular formula is C17H23ClN6O. The van der Waals surface area contributed by atoms with Crippen LogP contribution >= 0.6 is 11.6 Å².